The van der Waals surface area contributed by atoms with Crippen molar-refractivity contribution in [3.63, 3.8) is 0 Å². The molecule has 1 saturated heterocycles. The van der Waals surface area contributed by atoms with Gasteiger partial charge in [0.2, 0.25) is 5.89 Å². The number of hydrogen-bond acceptors (Lipinski definition) is 5. The number of hydrogen-bond donors (Lipinski definition) is 1. The van der Waals surface area contributed by atoms with Crippen LogP contribution in [0.1, 0.15) is 36.7 Å². The van der Waals surface area contributed by atoms with Crippen LogP contribution in [0.2, 0.25) is 0 Å². The highest BCUT2D eigenvalue weighted by Crippen LogP contribution is 2.38. The Kier molecular flexibility index (Phi) is 3.08. The molecule has 2 unspecified atom stereocenters. The second-order valence-electron chi connectivity index (χ2n) is 3.60. The zero-order valence-corrected chi connectivity index (χ0v) is 8.96. The van der Waals surface area contributed by atoms with E-state index in [4.69, 9.17) is 9.63 Å². The second kappa shape index (κ2) is 4.31. The van der Waals surface area contributed by atoms with Gasteiger partial charge < -0.3 is 9.63 Å². The fraction of sp³-hybridized carbons (Fsp3) is 0.778. The van der Waals surface area contributed by atoms with Crippen molar-refractivity contribution in [2.75, 3.05) is 5.75 Å². The monoisotopic (exact) mass is 214 g/mol. The lowest BCUT2D eigenvalue weighted by Crippen LogP contribution is -2.04. The van der Waals surface area contributed by atoms with E-state index in [0.717, 1.165) is 12.2 Å². The fourth-order valence-electron chi connectivity index (χ4n) is 1.52. The average Bonchev–Trinajstić information content (AvgIpc) is 2.69. The van der Waals surface area contributed by atoms with Gasteiger partial charge in [-0.05, 0) is 25.5 Å². The Bertz CT molecular complexity index is 295. The molecule has 0 saturated carbocycles. The molecule has 1 aromatic rings. The van der Waals surface area contributed by atoms with Gasteiger partial charge in [-0.25, -0.2) is 0 Å². The molecule has 1 aliphatic heterocycles. The predicted molar refractivity (Wildman–Crippen MR) is 54.1 cm³/mol. The van der Waals surface area contributed by atoms with E-state index < -0.39 is 6.10 Å². The fourth-order valence-corrected chi connectivity index (χ4v) is 2.71. The first-order valence-corrected chi connectivity index (χ1v) is 5.92. The molecule has 1 N–H and O–H groups in total. The van der Waals surface area contributed by atoms with Gasteiger partial charge in [0, 0.05) is 0 Å². The second-order valence-corrected chi connectivity index (χ2v) is 4.91. The van der Waals surface area contributed by atoms with Gasteiger partial charge in [-0.3, -0.25) is 0 Å². The van der Waals surface area contributed by atoms with Crippen LogP contribution in [-0.4, -0.2) is 27.1 Å². The van der Waals surface area contributed by atoms with Gasteiger partial charge in [0.1, 0.15) is 0 Å². The molecule has 5 heteroatoms. The molecule has 2 heterocycles. The SMILES string of the molecule is CC(O)Cc1nc(C2CCCS2)no1. The van der Waals surface area contributed by atoms with E-state index in [1.165, 1.54) is 12.2 Å². The molecular weight excluding hydrogens is 200 g/mol. The number of aromatic nitrogens is 2. The zero-order chi connectivity index (χ0) is 9.97. The van der Waals surface area contributed by atoms with Crippen LogP contribution in [0.15, 0.2) is 4.52 Å². The van der Waals surface area contributed by atoms with E-state index in [2.05, 4.69) is 10.1 Å². The Morgan fingerprint density at radius 3 is 3.21 bits per heavy atom. The first-order chi connectivity index (χ1) is 6.75. The van der Waals surface area contributed by atoms with Crippen molar-refractivity contribution in [2.24, 2.45) is 0 Å². The third-order valence-electron chi connectivity index (χ3n) is 2.17. The van der Waals surface area contributed by atoms with E-state index >= 15 is 0 Å². The average molecular weight is 214 g/mol. The third kappa shape index (κ3) is 2.27. The van der Waals surface area contributed by atoms with Gasteiger partial charge in [0.15, 0.2) is 5.82 Å². The molecule has 0 bridgehead atoms. The molecule has 1 aromatic heterocycles. The molecule has 1 fully saturated rings. The number of rotatable bonds is 3. The van der Waals surface area contributed by atoms with Crippen molar-refractivity contribution < 1.29 is 9.63 Å². The van der Waals surface area contributed by atoms with E-state index in [-0.39, 0.29) is 0 Å². The summed E-state index contributed by atoms with van der Waals surface area (Å²) in [5, 5.41) is 13.5. The summed E-state index contributed by atoms with van der Waals surface area (Å²) < 4.78 is 5.05. The number of nitrogens with zero attached hydrogens (tertiary/aromatic N) is 2. The molecule has 2 rings (SSSR count). The minimum Gasteiger partial charge on any atom is -0.393 e. The smallest absolute Gasteiger partial charge is 0.229 e. The van der Waals surface area contributed by atoms with Gasteiger partial charge >= 0.3 is 0 Å². The lowest BCUT2D eigenvalue weighted by molar-refractivity contribution is 0.181. The summed E-state index contributed by atoms with van der Waals surface area (Å²) in [7, 11) is 0. The van der Waals surface area contributed by atoms with Crippen LogP contribution in [0.3, 0.4) is 0 Å². The van der Waals surface area contributed by atoms with Crippen LogP contribution in [0.5, 0.6) is 0 Å². The van der Waals surface area contributed by atoms with Gasteiger partial charge in [0.05, 0.1) is 17.8 Å². The van der Waals surface area contributed by atoms with Gasteiger partial charge in [-0.2, -0.15) is 16.7 Å². The van der Waals surface area contributed by atoms with Crippen LogP contribution >= 0.6 is 11.8 Å². The van der Waals surface area contributed by atoms with Crippen LogP contribution < -0.4 is 0 Å². The van der Waals surface area contributed by atoms with Gasteiger partial charge in [-0.1, -0.05) is 5.16 Å². The minimum absolute atomic E-state index is 0.404. The molecule has 4 nitrogen and oxygen atoms in total. The largest absolute Gasteiger partial charge is 0.393 e. The van der Waals surface area contributed by atoms with E-state index in [9.17, 15) is 0 Å². The maximum Gasteiger partial charge on any atom is 0.229 e. The van der Waals surface area contributed by atoms with E-state index in [1.807, 2.05) is 11.8 Å². The minimum atomic E-state index is -0.417. The Labute approximate surface area is 87.1 Å². The van der Waals surface area contributed by atoms with Crippen LogP contribution in [0.25, 0.3) is 0 Å². The zero-order valence-electron chi connectivity index (χ0n) is 8.14. The molecule has 2 atom stereocenters. The standard InChI is InChI=1S/C9H14N2O2S/c1-6(12)5-8-10-9(11-13-8)7-3-2-4-14-7/h6-7,12H,2-5H2,1H3. The van der Waals surface area contributed by atoms with E-state index in [1.54, 1.807) is 6.92 Å². The first kappa shape index (κ1) is 9.98. The summed E-state index contributed by atoms with van der Waals surface area (Å²) in [5.41, 5.74) is 0. The van der Waals surface area contributed by atoms with Gasteiger partial charge in [-0.15, -0.1) is 0 Å². The van der Waals surface area contributed by atoms with Crippen LogP contribution in [0, 0.1) is 0 Å². The summed E-state index contributed by atoms with van der Waals surface area (Å²) in [4.78, 5) is 4.27. The normalized spacial score (nSPS) is 24.0. The lowest BCUT2D eigenvalue weighted by atomic mass is 10.2. The lowest BCUT2D eigenvalue weighted by Gasteiger charge is -1.99. The van der Waals surface area contributed by atoms with Gasteiger partial charge in [0.25, 0.3) is 0 Å². The van der Waals surface area contributed by atoms with Crippen molar-refractivity contribution in [1.29, 1.82) is 0 Å². The Morgan fingerprint density at radius 2 is 2.57 bits per heavy atom. The first-order valence-electron chi connectivity index (χ1n) is 4.88. The molecule has 0 spiro atoms. The summed E-state index contributed by atoms with van der Waals surface area (Å²) in [6.07, 6.45) is 2.40. The quantitative estimate of drug-likeness (QED) is 0.827. The summed E-state index contributed by atoms with van der Waals surface area (Å²) in [6, 6.07) is 0. The summed E-state index contributed by atoms with van der Waals surface area (Å²) in [6.45, 7) is 1.72. The molecule has 78 valence electrons. The topological polar surface area (TPSA) is 59.2 Å². The van der Waals surface area contributed by atoms with Crippen LogP contribution in [-0.2, 0) is 6.42 Å². The highest BCUT2D eigenvalue weighted by molar-refractivity contribution is 7.99. The molecule has 0 aliphatic carbocycles. The molecule has 0 aromatic carbocycles. The highest BCUT2D eigenvalue weighted by Gasteiger charge is 2.23. The molecular formula is C9H14N2O2S. The van der Waals surface area contributed by atoms with Crippen molar-refractivity contribution >= 4 is 11.8 Å². The van der Waals surface area contributed by atoms with Crippen LogP contribution in [0.4, 0.5) is 0 Å². The van der Waals surface area contributed by atoms with Crippen molar-refractivity contribution in [3.8, 4) is 0 Å². The van der Waals surface area contributed by atoms with E-state index in [0.29, 0.717) is 17.6 Å². The maximum absolute atomic E-state index is 9.15. The molecule has 1 aliphatic rings. The third-order valence-corrected chi connectivity index (χ3v) is 3.54. The Balaban J connectivity index is 2.01. The predicted octanol–water partition coefficient (Wildman–Crippen LogP) is 1.56. The van der Waals surface area contributed by atoms with Crippen molar-refractivity contribution in [2.45, 2.75) is 37.5 Å². The maximum atomic E-state index is 9.15. The molecule has 0 radical (unpaired) electrons. The summed E-state index contributed by atoms with van der Waals surface area (Å²) in [5.74, 6) is 2.52. The Morgan fingerprint density at radius 1 is 1.71 bits per heavy atom. The van der Waals surface area contributed by atoms with Crippen molar-refractivity contribution in [3.05, 3.63) is 11.7 Å². The molecule has 14 heavy (non-hydrogen) atoms. The molecule has 0 amide bonds. The number of aliphatic hydroxyl groups excluding tert-OH is 1. The summed E-state index contributed by atoms with van der Waals surface area (Å²) >= 11 is 1.88. The number of thioether (sulfide) groups is 1. The van der Waals surface area contributed by atoms with Crippen molar-refractivity contribution in [1.82, 2.24) is 10.1 Å². The Hall–Kier alpha value is -0.550. The number of aliphatic hydroxyl groups is 1. The highest BCUT2D eigenvalue weighted by atomic mass is 32.2.